The molecule has 2 rings (SSSR count). The highest BCUT2D eigenvalue weighted by atomic mass is 32.2. The van der Waals surface area contributed by atoms with E-state index in [4.69, 9.17) is 10.6 Å². The molecule has 1 fully saturated rings. The number of pyridine rings is 1. The number of likely N-dealkylation sites (N-methyl/N-ethyl adjacent to an activating group) is 1. The lowest BCUT2D eigenvalue weighted by atomic mass is 10.2. The van der Waals surface area contributed by atoms with Gasteiger partial charge in [0.05, 0.1) is 17.0 Å². The zero-order chi connectivity index (χ0) is 14.0. The number of anilines is 1. The van der Waals surface area contributed by atoms with Crippen LogP contribution in [0.2, 0.25) is 0 Å². The number of nitrogen functional groups attached to an aromatic ring is 1. The Morgan fingerprint density at radius 3 is 2.89 bits per heavy atom. The molecular weight excluding hydrogens is 268 g/mol. The molecule has 0 amide bonds. The maximum absolute atomic E-state index is 12.5. The van der Waals surface area contributed by atoms with Crippen molar-refractivity contribution in [3.8, 4) is 0 Å². The first-order valence-corrected chi connectivity index (χ1v) is 7.43. The summed E-state index contributed by atoms with van der Waals surface area (Å²) in [5, 5.41) is 0. The van der Waals surface area contributed by atoms with Gasteiger partial charge < -0.3 is 10.2 Å². The van der Waals surface area contributed by atoms with Gasteiger partial charge in [0, 0.05) is 25.9 Å². The Bertz CT molecular complexity index is 549. The van der Waals surface area contributed by atoms with E-state index in [1.807, 2.05) is 6.92 Å². The molecule has 7 nitrogen and oxygen atoms in total. The Kier molecular flexibility index (Phi) is 4.04. The van der Waals surface area contributed by atoms with Crippen LogP contribution in [-0.2, 0) is 14.8 Å². The average Bonchev–Trinajstić information content (AvgIpc) is 2.84. The smallest absolute Gasteiger partial charge is 0.243 e. The van der Waals surface area contributed by atoms with Crippen molar-refractivity contribution in [2.24, 2.45) is 5.84 Å². The summed E-state index contributed by atoms with van der Waals surface area (Å²) in [4.78, 5) is 4.06. The largest absolute Gasteiger partial charge is 0.377 e. The molecule has 2 unspecified atom stereocenters. The van der Waals surface area contributed by atoms with Crippen LogP contribution in [0.1, 0.15) is 13.3 Å². The van der Waals surface area contributed by atoms with E-state index in [2.05, 4.69) is 10.4 Å². The average molecular weight is 286 g/mol. The second kappa shape index (κ2) is 5.41. The lowest BCUT2D eigenvalue weighted by Crippen LogP contribution is -2.40. The minimum absolute atomic E-state index is 0.103. The Hall–Kier alpha value is -1.22. The molecule has 1 saturated heterocycles. The number of hydrogen-bond donors (Lipinski definition) is 2. The van der Waals surface area contributed by atoms with Crippen LogP contribution in [0.5, 0.6) is 0 Å². The van der Waals surface area contributed by atoms with E-state index in [9.17, 15) is 8.42 Å². The second-order valence-corrected chi connectivity index (χ2v) is 6.47. The molecule has 3 N–H and O–H groups in total. The first-order valence-electron chi connectivity index (χ1n) is 5.99. The molecule has 0 saturated carbocycles. The molecule has 2 atom stereocenters. The number of sulfonamides is 1. The molecule has 19 heavy (non-hydrogen) atoms. The molecular formula is C11H18N4O3S. The summed E-state index contributed by atoms with van der Waals surface area (Å²) in [6.45, 7) is 2.46. The number of aromatic nitrogens is 1. The highest BCUT2D eigenvalue weighted by molar-refractivity contribution is 7.89. The van der Waals surface area contributed by atoms with Gasteiger partial charge in [0.15, 0.2) is 0 Å². The topological polar surface area (TPSA) is 97.5 Å². The minimum atomic E-state index is -3.57. The van der Waals surface area contributed by atoms with Crippen LogP contribution < -0.4 is 11.3 Å². The summed E-state index contributed by atoms with van der Waals surface area (Å²) in [5.41, 5.74) is 2.34. The van der Waals surface area contributed by atoms with E-state index in [0.717, 1.165) is 0 Å². The van der Waals surface area contributed by atoms with Gasteiger partial charge in [0.1, 0.15) is 5.82 Å². The molecule has 2 heterocycles. The van der Waals surface area contributed by atoms with Crippen molar-refractivity contribution >= 4 is 15.8 Å². The molecule has 0 spiro atoms. The van der Waals surface area contributed by atoms with E-state index in [1.54, 1.807) is 7.05 Å². The normalized spacial score (nSPS) is 23.8. The minimum Gasteiger partial charge on any atom is -0.377 e. The van der Waals surface area contributed by atoms with Gasteiger partial charge in [0.2, 0.25) is 10.0 Å². The van der Waals surface area contributed by atoms with Gasteiger partial charge in [-0.25, -0.2) is 19.2 Å². The molecule has 1 aliphatic rings. The van der Waals surface area contributed by atoms with E-state index >= 15 is 0 Å². The monoisotopic (exact) mass is 286 g/mol. The molecule has 1 aromatic rings. The molecule has 8 heteroatoms. The van der Waals surface area contributed by atoms with Crippen molar-refractivity contribution in [1.82, 2.24) is 9.29 Å². The van der Waals surface area contributed by atoms with E-state index in [1.165, 1.54) is 22.6 Å². The highest BCUT2D eigenvalue weighted by Gasteiger charge is 2.35. The summed E-state index contributed by atoms with van der Waals surface area (Å²) in [6, 6.07) is 2.71. The second-order valence-electron chi connectivity index (χ2n) is 4.47. The lowest BCUT2D eigenvalue weighted by Gasteiger charge is -2.26. The van der Waals surface area contributed by atoms with Crippen LogP contribution in [0.3, 0.4) is 0 Å². The molecule has 0 aromatic carbocycles. The molecule has 0 aliphatic carbocycles. The van der Waals surface area contributed by atoms with Crippen LogP contribution in [0.15, 0.2) is 23.2 Å². The van der Waals surface area contributed by atoms with Crippen molar-refractivity contribution < 1.29 is 13.2 Å². The van der Waals surface area contributed by atoms with Gasteiger partial charge in [-0.05, 0) is 19.4 Å². The maximum atomic E-state index is 12.5. The SMILES string of the molecule is CC1OCCC1N(C)S(=O)(=O)c1ccnc(NN)c1. The zero-order valence-corrected chi connectivity index (χ0v) is 11.7. The van der Waals surface area contributed by atoms with E-state index in [0.29, 0.717) is 18.8 Å². The van der Waals surface area contributed by atoms with Crippen molar-refractivity contribution in [3.05, 3.63) is 18.3 Å². The number of nitrogens with zero attached hydrogens (tertiary/aromatic N) is 2. The number of nitrogens with one attached hydrogen (secondary N) is 1. The fourth-order valence-corrected chi connectivity index (χ4v) is 3.65. The van der Waals surface area contributed by atoms with Crippen LogP contribution in [0.4, 0.5) is 5.82 Å². The van der Waals surface area contributed by atoms with Gasteiger partial charge in [-0.2, -0.15) is 4.31 Å². The lowest BCUT2D eigenvalue weighted by molar-refractivity contribution is 0.102. The van der Waals surface area contributed by atoms with Crippen LogP contribution >= 0.6 is 0 Å². The van der Waals surface area contributed by atoms with Gasteiger partial charge in [-0.1, -0.05) is 0 Å². The number of ether oxygens (including phenoxy) is 1. The Labute approximate surface area is 112 Å². The van der Waals surface area contributed by atoms with Crippen LogP contribution in [0.25, 0.3) is 0 Å². The Morgan fingerprint density at radius 1 is 1.58 bits per heavy atom. The molecule has 0 bridgehead atoms. The van der Waals surface area contributed by atoms with Crippen molar-refractivity contribution in [1.29, 1.82) is 0 Å². The molecule has 106 valence electrons. The third kappa shape index (κ3) is 2.71. The predicted molar refractivity (Wildman–Crippen MR) is 70.8 cm³/mol. The Morgan fingerprint density at radius 2 is 2.32 bits per heavy atom. The number of hydrazine groups is 1. The van der Waals surface area contributed by atoms with Crippen LogP contribution in [-0.4, -0.2) is 43.5 Å². The molecule has 0 radical (unpaired) electrons. The van der Waals surface area contributed by atoms with Gasteiger partial charge in [-0.3, -0.25) is 0 Å². The maximum Gasteiger partial charge on any atom is 0.243 e. The third-order valence-electron chi connectivity index (χ3n) is 3.36. The van der Waals surface area contributed by atoms with Gasteiger partial charge in [-0.15, -0.1) is 0 Å². The number of rotatable bonds is 4. The predicted octanol–water partition coefficient (Wildman–Crippen LogP) is 0.165. The Balaban J connectivity index is 2.30. The molecule has 1 aromatic heterocycles. The quantitative estimate of drug-likeness (QED) is 0.604. The summed E-state index contributed by atoms with van der Waals surface area (Å²) >= 11 is 0. The number of nitrogens with two attached hydrogens (primary N) is 1. The first-order chi connectivity index (χ1) is 8.96. The van der Waals surface area contributed by atoms with E-state index in [-0.39, 0.29) is 17.0 Å². The highest BCUT2D eigenvalue weighted by Crippen LogP contribution is 2.25. The summed E-state index contributed by atoms with van der Waals surface area (Å²) in [6.07, 6.45) is 2.00. The zero-order valence-electron chi connectivity index (χ0n) is 10.9. The van der Waals surface area contributed by atoms with Gasteiger partial charge >= 0.3 is 0 Å². The van der Waals surface area contributed by atoms with E-state index < -0.39 is 10.0 Å². The molecule has 1 aliphatic heterocycles. The van der Waals surface area contributed by atoms with Crippen molar-refractivity contribution in [2.45, 2.75) is 30.4 Å². The summed E-state index contributed by atoms with van der Waals surface area (Å²) in [7, 11) is -2.00. The first kappa shape index (κ1) is 14.2. The summed E-state index contributed by atoms with van der Waals surface area (Å²) in [5.74, 6) is 5.55. The fourth-order valence-electron chi connectivity index (χ4n) is 2.19. The fraction of sp³-hybridized carbons (Fsp3) is 0.545. The van der Waals surface area contributed by atoms with Crippen LogP contribution in [0, 0.1) is 0 Å². The standard InChI is InChI=1S/C11H18N4O3S/c1-8-10(4-6-18-8)15(2)19(16,17)9-3-5-13-11(7-9)14-12/h3,5,7-8,10H,4,6,12H2,1-2H3,(H,13,14). The van der Waals surface area contributed by atoms with Gasteiger partial charge in [0.25, 0.3) is 0 Å². The third-order valence-corrected chi connectivity index (χ3v) is 5.24. The van der Waals surface area contributed by atoms with Crippen molar-refractivity contribution in [3.63, 3.8) is 0 Å². The van der Waals surface area contributed by atoms with Crippen molar-refractivity contribution in [2.75, 3.05) is 19.1 Å². The summed E-state index contributed by atoms with van der Waals surface area (Å²) < 4.78 is 31.8. The number of hydrogen-bond acceptors (Lipinski definition) is 6.